The number of anilines is 2. The number of aromatic nitrogens is 6. The first-order chi connectivity index (χ1) is 34.3. The molecule has 13 nitrogen and oxygen atoms in total. The number of carbonyl (C=O) groups excluding carboxylic acids is 1. The number of hydrogen-bond acceptors (Lipinski definition) is 11. The first-order valence-electron chi connectivity index (χ1n) is 22.8. The summed E-state index contributed by atoms with van der Waals surface area (Å²) in [6, 6.07) is 24.7. The number of aromatic carboxylic acids is 1. The molecule has 0 saturated heterocycles. The Morgan fingerprint density at radius 2 is 1.07 bits per heavy atom. The molecule has 0 fully saturated rings. The highest BCUT2D eigenvalue weighted by molar-refractivity contribution is 5.94. The SMILES string of the molecule is Cc1cc(N)nc(C)c1CN.Cc1cc(N)nc(C)c1CNC(=O)c1ccnc(Cc2ccc3ncc(CC(F)F)cc3c2)c1.O=C(O)c1ccnc(Cc2ccc3ncc(CC(F)F)cc3c2)c1.[2H]CF. The number of rotatable bonds is 13. The van der Waals surface area contributed by atoms with E-state index in [0.717, 1.165) is 72.3 Å². The van der Waals surface area contributed by atoms with E-state index < -0.39 is 26.0 Å². The Bertz CT molecular complexity index is 3100. The number of nitrogens with zero attached hydrogens (tertiary/aromatic N) is 6. The third-order valence-corrected chi connectivity index (χ3v) is 11.1. The van der Waals surface area contributed by atoms with E-state index in [1.165, 1.54) is 30.7 Å². The van der Waals surface area contributed by atoms with Gasteiger partial charge in [-0.2, -0.15) is 0 Å². The number of hydrogen-bond donors (Lipinski definition) is 5. The van der Waals surface area contributed by atoms with Crippen LogP contribution in [-0.2, 0) is 38.8 Å². The maximum Gasteiger partial charge on any atom is 0.335 e. The van der Waals surface area contributed by atoms with Crippen molar-refractivity contribution in [1.82, 2.24) is 35.2 Å². The number of halogens is 5. The summed E-state index contributed by atoms with van der Waals surface area (Å²) < 4.78 is 66.0. The van der Waals surface area contributed by atoms with Gasteiger partial charge in [0, 0.05) is 103 Å². The van der Waals surface area contributed by atoms with E-state index in [1.54, 1.807) is 36.5 Å². The van der Waals surface area contributed by atoms with Gasteiger partial charge >= 0.3 is 5.97 Å². The Kier molecular flexibility index (Phi) is 18.9. The maximum atomic E-state index is 12.8. The Morgan fingerprint density at radius 1 is 0.634 bits per heavy atom. The highest BCUT2D eigenvalue weighted by atomic mass is 19.3. The average molecular weight is 976 g/mol. The van der Waals surface area contributed by atoms with Gasteiger partial charge in [-0.25, -0.2) is 32.3 Å². The molecule has 18 heteroatoms. The van der Waals surface area contributed by atoms with Crippen molar-refractivity contribution in [3.63, 3.8) is 0 Å². The van der Waals surface area contributed by atoms with Gasteiger partial charge in [0.1, 0.15) is 11.6 Å². The number of carboxylic acids is 1. The van der Waals surface area contributed by atoms with Crippen LogP contribution in [0.1, 0.15) is 89.4 Å². The zero-order valence-electron chi connectivity index (χ0n) is 40.6. The van der Waals surface area contributed by atoms with Crippen LogP contribution in [0.4, 0.5) is 33.6 Å². The molecule has 71 heavy (non-hydrogen) atoms. The van der Waals surface area contributed by atoms with Crippen LogP contribution in [0, 0.1) is 27.7 Å². The highest BCUT2D eigenvalue weighted by Gasteiger charge is 2.13. The van der Waals surface area contributed by atoms with E-state index in [9.17, 15) is 31.5 Å². The number of benzene rings is 2. The van der Waals surface area contributed by atoms with Gasteiger partial charge < -0.3 is 27.6 Å². The van der Waals surface area contributed by atoms with Crippen molar-refractivity contribution in [2.45, 2.75) is 79.3 Å². The van der Waals surface area contributed by atoms with Crippen molar-refractivity contribution in [1.29, 1.82) is 0 Å². The van der Waals surface area contributed by atoms with Crippen LogP contribution in [0.5, 0.6) is 0 Å². The topological polar surface area (TPSA) is 222 Å². The minimum atomic E-state index is -2.41. The second kappa shape index (κ2) is 25.6. The van der Waals surface area contributed by atoms with Crippen molar-refractivity contribution in [3.05, 3.63) is 188 Å². The van der Waals surface area contributed by atoms with E-state index in [1.807, 2.05) is 70.2 Å². The van der Waals surface area contributed by atoms with Gasteiger partial charge in [-0.15, -0.1) is 0 Å². The van der Waals surface area contributed by atoms with Gasteiger partial charge in [-0.05, 0) is 145 Å². The fourth-order valence-electron chi connectivity index (χ4n) is 7.72. The zero-order chi connectivity index (χ0) is 52.5. The lowest BCUT2D eigenvalue weighted by atomic mass is 10.0. The molecule has 1 amide bonds. The largest absolute Gasteiger partial charge is 0.478 e. The number of nitrogens with one attached hydrogen (secondary N) is 1. The second-order valence-corrected chi connectivity index (χ2v) is 16.4. The molecular weight excluding hydrogens is 920 g/mol. The van der Waals surface area contributed by atoms with Crippen molar-refractivity contribution in [2.24, 2.45) is 5.73 Å². The van der Waals surface area contributed by atoms with Gasteiger partial charge in [0.15, 0.2) is 0 Å². The molecule has 0 saturated carbocycles. The Labute approximate surface area is 409 Å². The molecule has 0 radical (unpaired) electrons. The Balaban J connectivity index is 0.000000218. The molecule has 0 aliphatic carbocycles. The summed E-state index contributed by atoms with van der Waals surface area (Å²) in [5.74, 6) is -0.188. The first-order valence-corrected chi connectivity index (χ1v) is 22.1. The molecule has 370 valence electrons. The monoisotopic (exact) mass is 975 g/mol. The number of alkyl halides is 5. The van der Waals surface area contributed by atoms with Gasteiger partial charge in [0.2, 0.25) is 12.9 Å². The van der Waals surface area contributed by atoms with Gasteiger partial charge in [-0.1, -0.05) is 12.1 Å². The Morgan fingerprint density at radius 3 is 1.51 bits per heavy atom. The molecule has 6 aromatic heterocycles. The smallest absolute Gasteiger partial charge is 0.335 e. The predicted molar refractivity (Wildman–Crippen MR) is 266 cm³/mol. The first kappa shape index (κ1) is 52.4. The summed E-state index contributed by atoms with van der Waals surface area (Å²) in [5, 5.41) is 13.5. The minimum Gasteiger partial charge on any atom is -0.478 e. The number of carbonyl (C=O) groups is 2. The number of pyridine rings is 6. The fourth-order valence-corrected chi connectivity index (χ4v) is 7.72. The number of nitrogen functional groups attached to an aromatic ring is 2. The molecule has 0 bridgehead atoms. The molecule has 2 aromatic carbocycles. The van der Waals surface area contributed by atoms with Crippen molar-refractivity contribution < 1.29 is 38.0 Å². The molecule has 0 atom stereocenters. The fraction of sp³-hybridized carbons (Fsp3) is 0.245. The number of nitrogens with two attached hydrogens (primary N) is 3. The summed E-state index contributed by atoms with van der Waals surface area (Å²) in [6.45, 7) is 8.60. The molecule has 8 N–H and O–H groups in total. The number of aryl methyl sites for hydroxylation is 4. The average Bonchev–Trinajstić information content (AvgIpc) is 3.31. The molecule has 0 spiro atoms. The van der Waals surface area contributed by atoms with Gasteiger partial charge in [-0.3, -0.25) is 29.1 Å². The standard InChI is InChI=1S/C26H25F2N5O.C18H14F2N2O2.C8H13N3.CH3F/c1-15-7-25(29)33-16(2)22(15)14-32-26(34)19-5-6-30-21(12-19)10-17-3-4-23-20(8-17)9-18(13-31-23)11-24(27)28;19-17(20)8-12-6-14-5-11(1-2-16(14)22-10-12)7-15-9-13(18(23)24)3-4-21-15;1-5-3-8(10)11-6(2)7(5)4-9;1-2/h3-9,12-13,24H,10-11,14H2,1-2H3,(H2,29,33)(H,32,34);1-6,9-10,17H,7-8H2,(H,23,24);3H,4,9H2,1-2H3,(H2,10,11);1H3/i;;;1D. The summed E-state index contributed by atoms with van der Waals surface area (Å²) in [5.41, 5.74) is 29.0. The van der Waals surface area contributed by atoms with Gasteiger partial charge in [0.25, 0.3) is 5.91 Å². The van der Waals surface area contributed by atoms with Crippen LogP contribution < -0.4 is 22.5 Å². The number of fused-ring (bicyclic) bond motifs is 2. The van der Waals surface area contributed by atoms with Crippen molar-refractivity contribution in [2.75, 3.05) is 18.6 Å². The van der Waals surface area contributed by atoms with Gasteiger partial charge in [0.05, 0.1) is 25.1 Å². The van der Waals surface area contributed by atoms with Crippen LogP contribution in [0.2, 0.25) is 0 Å². The van der Waals surface area contributed by atoms with E-state index in [4.69, 9.17) is 23.7 Å². The summed E-state index contributed by atoms with van der Waals surface area (Å²) in [7, 11) is -1.00. The number of amides is 1. The lowest BCUT2D eigenvalue weighted by Crippen LogP contribution is -2.24. The third kappa shape index (κ3) is 15.8. The summed E-state index contributed by atoms with van der Waals surface area (Å²) in [6.07, 6.45) is 1.50. The second-order valence-electron chi connectivity index (χ2n) is 16.4. The maximum absolute atomic E-state index is 12.8. The van der Waals surface area contributed by atoms with E-state index in [-0.39, 0.29) is 24.3 Å². The van der Waals surface area contributed by atoms with Crippen LogP contribution >= 0.6 is 0 Å². The van der Waals surface area contributed by atoms with Crippen LogP contribution in [-0.4, -0.2) is 66.9 Å². The van der Waals surface area contributed by atoms with E-state index in [2.05, 4.69) is 35.2 Å². The van der Waals surface area contributed by atoms with Crippen LogP contribution in [0.15, 0.2) is 110 Å². The molecule has 0 aliphatic heterocycles. The molecular formula is C53H55F5N10O3. The van der Waals surface area contributed by atoms with Crippen LogP contribution in [0.3, 0.4) is 0 Å². The Hall–Kier alpha value is -7.99. The molecule has 8 rings (SSSR count). The zero-order valence-corrected chi connectivity index (χ0v) is 39.6. The molecule has 0 unspecified atom stereocenters. The van der Waals surface area contributed by atoms with Crippen molar-refractivity contribution >= 4 is 45.3 Å². The predicted octanol–water partition coefficient (Wildman–Crippen LogP) is 9.60. The quantitative estimate of drug-likeness (QED) is 0.0682. The van der Waals surface area contributed by atoms with Crippen molar-refractivity contribution in [3.8, 4) is 0 Å². The highest BCUT2D eigenvalue weighted by Crippen LogP contribution is 2.22. The molecule has 6 heterocycles. The normalized spacial score (nSPS) is 11.0. The summed E-state index contributed by atoms with van der Waals surface area (Å²) >= 11 is 0. The molecule has 8 aromatic rings. The van der Waals surface area contributed by atoms with E-state index in [0.29, 0.717) is 60.0 Å². The lowest BCUT2D eigenvalue weighted by Gasteiger charge is -2.12. The minimum absolute atomic E-state index is 0.182. The number of carboxylic acid groups (broad SMARTS) is 1. The van der Waals surface area contributed by atoms with E-state index >= 15 is 0 Å². The summed E-state index contributed by atoms with van der Waals surface area (Å²) in [4.78, 5) is 49.2. The third-order valence-electron chi connectivity index (χ3n) is 11.1. The lowest BCUT2D eigenvalue weighted by molar-refractivity contribution is 0.0696. The van der Waals surface area contributed by atoms with Crippen LogP contribution in [0.25, 0.3) is 21.8 Å². The molecule has 0 aliphatic rings.